The molecule has 2 aromatic heterocycles. The Morgan fingerprint density at radius 3 is 3.00 bits per heavy atom. The molecule has 3 N–H and O–H groups in total. The SMILES string of the molecule is O=C(Nc1cnn(C[C@@H]2COc3ccccc3O2)c1)c1c[nH]c(=O)[nH]1. The van der Waals surface area contributed by atoms with Crippen molar-refractivity contribution in [2.75, 3.05) is 11.9 Å². The number of rotatable bonds is 4. The lowest BCUT2D eigenvalue weighted by Gasteiger charge is -2.26. The number of anilines is 1. The van der Waals surface area contributed by atoms with Crippen LogP contribution in [-0.4, -0.2) is 38.4 Å². The van der Waals surface area contributed by atoms with Gasteiger partial charge in [0.25, 0.3) is 5.91 Å². The molecule has 128 valence electrons. The highest BCUT2D eigenvalue weighted by molar-refractivity contribution is 6.02. The van der Waals surface area contributed by atoms with Crippen molar-refractivity contribution >= 4 is 11.6 Å². The van der Waals surface area contributed by atoms with Crippen LogP contribution in [0.25, 0.3) is 0 Å². The second-order valence-corrected chi connectivity index (χ2v) is 5.56. The monoisotopic (exact) mass is 341 g/mol. The van der Waals surface area contributed by atoms with Gasteiger partial charge in [-0.3, -0.25) is 9.48 Å². The summed E-state index contributed by atoms with van der Waals surface area (Å²) in [7, 11) is 0. The van der Waals surface area contributed by atoms with Crippen molar-refractivity contribution in [2.45, 2.75) is 12.6 Å². The third kappa shape index (κ3) is 3.25. The van der Waals surface area contributed by atoms with Gasteiger partial charge in [0.2, 0.25) is 0 Å². The van der Waals surface area contributed by atoms with Crippen LogP contribution in [0, 0.1) is 0 Å². The van der Waals surface area contributed by atoms with Crippen LogP contribution in [0.3, 0.4) is 0 Å². The molecular formula is C16H15N5O4. The fourth-order valence-electron chi connectivity index (χ4n) is 2.54. The summed E-state index contributed by atoms with van der Waals surface area (Å²) in [6.07, 6.45) is 4.35. The summed E-state index contributed by atoms with van der Waals surface area (Å²) in [4.78, 5) is 27.8. The van der Waals surface area contributed by atoms with Crippen LogP contribution in [-0.2, 0) is 6.54 Å². The molecule has 0 bridgehead atoms. The Kier molecular flexibility index (Phi) is 3.73. The molecule has 0 saturated heterocycles. The minimum Gasteiger partial charge on any atom is -0.486 e. The van der Waals surface area contributed by atoms with E-state index in [0.29, 0.717) is 24.6 Å². The van der Waals surface area contributed by atoms with Crippen molar-refractivity contribution in [3.05, 3.63) is 59.0 Å². The average Bonchev–Trinajstić information content (AvgIpc) is 3.24. The Morgan fingerprint density at radius 1 is 1.36 bits per heavy atom. The smallest absolute Gasteiger partial charge is 0.323 e. The molecule has 9 heteroatoms. The van der Waals surface area contributed by atoms with Crippen molar-refractivity contribution in [3.8, 4) is 11.5 Å². The molecule has 1 aromatic carbocycles. The molecule has 0 fully saturated rings. The van der Waals surface area contributed by atoms with E-state index in [0.717, 1.165) is 5.75 Å². The van der Waals surface area contributed by atoms with Crippen molar-refractivity contribution in [1.29, 1.82) is 0 Å². The number of nitrogens with zero attached hydrogens (tertiary/aromatic N) is 2. The standard InChI is InChI=1S/C16H15N5O4/c22-15(12-6-17-16(23)20-12)19-10-5-18-21(7-10)8-11-9-24-13-3-1-2-4-14(13)25-11/h1-7,11H,8-9H2,(H,19,22)(H2,17,20,23)/t11-/m1/s1. The number of fused-ring (bicyclic) bond motifs is 1. The van der Waals surface area contributed by atoms with Crippen molar-refractivity contribution in [2.24, 2.45) is 0 Å². The molecule has 1 atom stereocenters. The average molecular weight is 341 g/mol. The maximum Gasteiger partial charge on any atom is 0.323 e. The molecule has 0 spiro atoms. The van der Waals surface area contributed by atoms with Gasteiger partial charge in [-0.2, -0.15) is 5.10 Å². The second-order valence-electron chi connectivity index (χ2n) is 5.56. The number of aromatic amines is 2. The van der Waals surface area contributed by atoms with Gasteiger partial charge in [0.15, 0.2) is 17.6 Å². The van der Waals surface area contributed by atoms with E-state index in [-0.39, 0.29) is 11.8 Å². The quantitative estimate of drug-likeness (QED) is 0.655. The van der Waals surface area contributed by atoms with E-state index >= 15 is 0 Å². The zero-order valence-electron chi connectivity index (χ0n) is 13.1. The molecular weight excluding hydrogens is 326 g/mol. The van der Waals surface area contributed by atoms with Crippen molar-refractivity contribution in [3.63, 3.8) is 0 Å². The maximum absolute atomic E-state index is 12.0. The lowest BCUT2D eigenvalue weighted by molar-refractivity contribution is 0.0759. The second kappa shape index (κ2) is 6.19. The van der Waals surface area contributed by atoms with Gasteiger partial charge < -0.3 is 24.8 Å². The van der Waals surface area contributed by atoms with Gasteiger partial charge in [-0.25, -0.2) is 4.79 Å². The first kappa shape index (κ1) is 15.1. The van der Waals surface area contributed by atoms with Crippen LogP contribution in [0.2, 0.25) is 0 Å². The minimum absolute atomic E-state index is 0.151. The number of benzene rings is 1. The third-order valence-corrected chi connectivity index (χ3v) is 3.69. The third-order valence-electron chi connectivity index (χ3n) is 3.69. The van der Waals surface area contributed by atoms with Gasteiger partial charge in [0.05, 0.1) is 18.4 Å². The number of imidazole rings is 1. The van der Waals surface area contributed by atoms with Gasteiger partial charge >= 0.3 is 5.69 Å². The predicted octanol–water partition coefficient (Wildman–Crippen LogP) is 0.992. The van der Waals surface area contributed by atoms with E-state index in [2.05, 4.69) is 20.4 Å². The number of hydrogen-bond acceptors (Lipinski definition) is 5. The molecule has 0 unspecified atom stereocenters. The largest absolute Gasteiger partial charge is 0.486 e. The molecule has 0 radical (unpaired) electrons. The number of hydrogen-bond donors (Lipinski definition) is 3. The molecule has 0 aliphatic carbocycles. The Hall–Kier alpha value is -3.49. The molecule has 1 amide bonds. The summed E-state index contributed by atoms with van der Waals surface area (Å²) in [6.45, 7) is 0.897. The van der Waals surface area contributed by atoms with Crippen LogP contribution in [0.5, 0.6) is 11.5 Å². The predicted molar refractivity (Wildman–Crippen MR) is 87.9 cm³/mol. The van der Waals surface area contributed by atoms with Gasteiger partial charge in [-0.15, -0.1) is 0 Å². The Balaban J connectivity index is 1.39. The number of ether oxygens (including phenoxy) is 2. The molecule has 3 aromatic rings. The summed E-state index contributed by atoms with van der Waals surface area (Å²) in [5.41, 5.74) is 0.234. The Bertz CT molecular complexity index is 957. The molecule has 0 saturated carbocycles. The number of carbonyl (C=O) groups excluding carboxylic acids is 1. The van der Waals surface area contributed by atoms with Crippen LogP contribution >= 0.6 is 0 Å². The summed E-state index contributed by atoms with van der Waals surface area (Å²) in [5, 5.41) is 6.87. The number of amides is 1. The van der Waals surface area contributed by atoms with Crippen LogP contribution < -0.4 is 20.5 Å². The maximum atomic E-state index is 12.0. The van der Waals surface area contributed by atoms with Crippen molar-refractivity contribution in [1.82, 2.24) is 19.7 Å². The van der Waals surface area contributed by atoms with Crippen LogP contribution in [0.4, 0.5) is 5.69 Å². The number of aromatic nitrogens is 4. The van der Waals surface area contributed by atoms with E-state index < -0.39 is 11.6 Å². The summed E-state index contributed by atoms with van der Waals surface area (Å²) in [5.74, 6) is 1.01. The van der Waals surface area contributed by atoms with Crippen LogP contribution in [0.15, 0.2) is 47.7 Å². The van der Waals surface area contributed by atoms with E-state index in [4.69, 9.17) is 9.47 Å². The first-order chi connectivity index (χ1) is 12.2. The van der Waals surface area contributed by atoms with Gasteiger partial charge in [-0.1, -0.05) is 12.1 Å². The Morgan fingerprint density at radius 2 is 2.20 bits per heavy atom. The molecule has 3 heterocycles. The summed E-state index contributed by atoms with van der Waals surface area (Å²) in [6, 6.07) is 7.49. The van der Waals surface area contributed by atoms with E-state index in [9.17, 15) is 9.59 Å². The Labute approximate surface area is 141 Å². The summed E-state index contributed by atoms with van der Waals surface area (Å²) >= 11 is 0. The number of para-hydroxylation sites is 2. The molecule has 1 aliphatic heterocycles. The number of carbonyl (C=O) groups is 1. The highest BCUT2D eigenvalue weighted by atomic mass is 16.6. The van der Waals surface area contributed by atoms with Gasteiger partial charge in [0, 0.05) is 12.4 Å². The number of H-pyrrole nitrogens is 2. The first-order valence-electron chi connectivity index (χ1n) is 7.67. The zero-order chi connectivity index (χ0) is 17.2. The van der Waals surface area contributed by atoms with E-state index in [1.54, 1.807) is 10.9 Å². The topological polar surface area (TPSA) is 114 Å². The van der Waals surface area contributed by atoms with Crippen molar-refractivity contribution < 1.29 is 14.3 Å². The fraction of sp³-hybridized carbons (Fsp3) is 0.188. The number of nitrogens with one attached hydrogen (secondary N) is 3. The summed E-state index contributed by atoms with van der Waals surface area (Å²) < 4.78 is 13.2. The van der Waals surface area contributed by atoms with Gasteiger partial charge in [0.1, 0.15) is 12.3 Å². The molecule has 9 nitrogen and oxygen atoms in total. The first-order valence-corrected chi connectivity index (χ1v) is 7.67. The van der Waals surface area contributed by atoms with Crippen LogP contribution in [0.1, 0.15) is 10.5 Å². The highest BCUT2D eigenvalue weighted by Gasteiger charge is 2.21. The molecule has 4 rings (SSSR count). The van der Waals surface area contributed by atoms with E-state index in [1.807, 2.05) is 24.3 Å². The lowest BCUT2D eigenvalue weighted by atomic mass is 10.2. The van der Waals surface area contributed by atoms with Gasteiger partial charge in [-0.05, 0) is 12.1 Å². The minimum atomic E-state index is -0.435. The van der Waals surface area contributed by atoms with E-state index in [1.165, 1.54) is 12.4 Å². The molecule has 1 aliphatic rings. The highest BCUT2D eigenvalue weighted by Crippen LogP contribution is 2.31. The fourth-order valence-corrected chi connectivity index (χ4v) is 2.54. The zero-order valence-corrected chi connectivity index (χ0v) is 13.1. The lowest BCUT2D eigenvalue weighted by Crippen LogP contribution is -2.33. The molecule has 25 heavy (non-hydrogen) atoms. The normalized spacial score (nSPS) is 15.8.